The predicted molar refractivity (Wildman–Crippen MR) is 121 cm³/mol. The first-order valence-electron chi connectivity index (χ1n) is 10.9. The molecule has 17 heteroatoms. The summed E-state index contributed by atoms with van der Waals surface area (Å²) in [5, 5.41) is -4.93. The molecule has 0 amide bonds. The largest absolute Gasteiger partial charge is 0.743 e. The fourth-order valence-corrected chi connectivity index (χ4v) is 6.22. The van der Waals surface area contributed by atoms with Gasteiger partial charge in [0.1, 0.15) is 17.3 Å². The summed E-state index contributed by atoms with van der Waals surface area (Å²) in [5.41, 5.74) is 0. The van der Waals surface area contributed by atoms with Crippen LogP contribution in [0.1, 0.15) is 26.7 Å². The summed E-state index contributed by atoms with van der Waals surface area (Å²) >= 11 is 0. The van der Waals surface area contributed by atoms with Crippen LogP contribution in [0.25, 0.3) is 10.8 Å². The van der Waals surface area contributed by atoms with Crippen molar-refractivity contribution in [2.24, 2.45) is 0 Å². The van der Waals surface area contributed by atoms with Gasteiger partial charge in [-0.2, -0.15) is 39.5 Å². The van der Waals surface area contributed by atoms with Crippen LogP contribution >= 0.6 is 0 Å². The van der Waals surface area contributed by atoms with Gasteiger partial charge in [-0.1, -0.05) is 18.2 Å². The molecule has 0 spiro atoms. The van der Waals surface area contributed by atoms with E-state index in [0.29, 0.717) is 16.6 Å². The summed E-state index contributed by atoms with van der Waals surface area (Å²) < 4.78 is 146. The van der Waals surface area contributed by atoms with Crippen molar-refractivity contribution < 1.29 is 66.8 Å². The number of rotatable bonds is 6. The first kappa shape index (κ1) is 32.8. The van der Waals surface area contributed by atoms with Crippen LogP contribution in [0.4, 0.5) is 44.3 Å². The van der Waals surface area contributed by atoms with E-state index < -0.39 is 39.5 Å². The van der Waals surface area contributed by atoms with Crippen molar-refractivity contribution in [3.8, 4) is 5.75 Å². The molecule has 2 aromatic carbocycles. The fourth-order valence-electron chi connectivity index (χ4n) is 3.28. The third kappa shape index (κ3) is 6.85. The number of fused-ring (bicyclic) bond motifs is 1. The highest BCUT2D eigenvalue weighted by Gasteiger charge is 2.83. The van der Waals surface area contributed by atoms with Gasteiger partial charge >= 0.3 is 29.4 Å². The SMILES string of the molecule is CC(C)OC(=O)Oc1ccc([S+]2CCCC2)c2ccccc12.O=S(=O)([O-])C(F)(F)C(F)(F)C(F)(F)C(F)(F)F. The predicted octanol–water partition coefficient (Wildman–Crippen LogP) is 6.49. The monoisotopic (exact) mass is 616 g/mol. The van der Waals surface area contributed by atoms with Crippen molar-refractivity contribution in [1.29, 1.82) is 0 Å². The van der Waals surface area contributed by atoms with Crippen LogP contribution in [0, 0.1) is 0 Å². The minimum atomic E-state index is -7.43. The minimum absolute atomic E-state index is 0.182. The van der Waals surface area contributed by atoms with Crippen LogP contribution in [-0.2, 0) is 25.7 Å². The van der Waals surface area contributed by atoms with E-state index >= 15 is 0 Å². The van der Waals surface area contributed by atoms with Crippen LogP contribution in [0.2, 0.25) is 0 Å². The van der Waals surface area contributed by atoms with Crippen molar-refractivity contribution in [2.45, 2.75) is 61.0 Å². The first-order valence-corrected chi connectivity index (χ1v) is 13.9. The quantitative estimate of drug-likeness (QED) is 0.121. The molecule has 220 valence electrons. The van der Waals surface area contributed by atoms with Gasteiger partial charge in [-0.15, -0.1) is 0 Å². The summed E-state index contributed by atoms with van der Waals surface area (Å²) in [6.45, 7) is 3.62. The third-order valence-corrected chi connectivity index (χ3v) is 8.57. The van der Waals surface area contributed by atoms with Gasteiger partial charge in [0.2, 0.25) is 0 Å². The highest BCUT2D eigenvalue weighted by atomic mass is 32.2. The molecule has 1 aliphatic rings. The van der Waals surface area contributed by atoms with E-state index in [2.05, 4.69) is 12.1 Å². The van der Waals surface area contributed by atoms with E-state index in [1.807, 2.05) is 38.1 Å². The Morgan fingerprint density at radius 2 is 1.38 bits per heavy atom. The maximum atomic E-state index is 12.2. The molecule has 39 heavy (non-hydrogen) atoms. The summed E-state index contributed by atoms with van der Waals surface area (Å²) in [6.07, 6.45) is -5.36. The summed E-state index contributed by atoms with van der Waals surface area (Å²) in [6, 6.07) is 12.2. The normalized spacial score (nSPS) is 15.7. The van der Waals surface area contributed by atoms with Gasteiger partial charge < -0.3 is 14.0 Å². The Hall–Kier alpha value is -2.40. The number of alkyl halides is 9. The van der Waals surface area contributed by atoms with Crippen molar-refractivity contribution in [2.75, 3.05) is 11.5 Å². The lowest BCUT2D eigenvalue weighted by atomic mass is 10.1. The molecule has 1 fully saturated rings. The second kappa shape index (κ2) is 11.6. The van der Waals surface area contributed by atoms with Crippen molar-refractivity contribution in [3.63, 3.8) is 0 Å². The zero-order valence-electron chi connectivity index (χ0n) is 20.0. The van der Waals surface area contributed by atoms with Crippen molar-refractivity contribution in [1.82, 2.24) is 0 Å². The molecule has 0 bridgehead atoms. The molecule has 0 atom stereocenters. The maximum Gasteiger partial charge on any atom is 0.514 e. The smallest absolute Gasteiger partial charge is 0.514 e. The molecule has 3 rings (SSSR count). The Morgan fingerprint density at radius 3 is 1.85 bits per heavy atom. The molecule has 0 aromatic heterocycles. The van der Waals surface area contributed by atoms with E-state index in [-0.39, 0.29) is 6.10 Å². The lowest BCUT2D eigenvalue weighted by Gasteiger charge is -2.34. The Balaban J connectivity index is 0.000000285. The van der Waals surface area contributed by atoms with E-state index in [0.717, 1.165) is 5.39 Å². The Bertz CT molecular complexity index is 1270. The average molecular weight is 617 g/mol. The second-order valence-electron chi connectivity index (χ2n) is 8.35. The van der Waals surface area contributed by atoms with E-state index in [9.17, 15) is 57.3 Å². The van der Waals surface area contributed by atoms with Gasteiger partial charge in [0.15, 0.2) is 15.0 Å². The molecule has 1 saturated heterocycles. The minimum Gasteiger partial charge on any atom is -0.743 e. The number of carbonyl (C=O) groups is 1. The second-order valence-corrected chi connectivity index (χ2v) is 12.0. The number of hydrogen-bond donors (Lipinski definition) is 0. The highest BCUT2D eigenvalue weighted by molar-refractivity contribution is 7.97. The summed E-state index contributed by atoms with van der Waals surface area (Å²) in [4.78, 5) is 13.2. The number of hydrogen-bond acceptors (Lipinski definition) is 6. The van der Waals surface area contributed by atoms with E-state index in [1.165, 1.54) is 34.6 Å². The number of ether oxygens (including phenoxy) is 2. The number of carbonyl (C=O) groups excluding carboxylic acids is 1. The summed E-state index contributed by atoms with van der Waals surface area (Å²) in [7, 11) is -7.08. The van der Waals surface area contributed by atoms with Crippen LogP contribution in [0.5, 0.6) is 5.75 Å². The molecule has 1 heterocycles. The lowest BCUT2D eigenvalue weighted by Crippen LogP contribution is -2.63. The summed E-state index contributed by atoms with van der Waals surface area (Å²) in [5.74, 6) is -11.7. The molecule has 6 nitrogen and oxygen atoms in total. The van der Waals surface area contributed by atoms with Crippen LogP contribution in [-0.4, -0.2) is 60.0 Å². The van der Waals surface area contributed by atoms with Gasteiger partial charge in [-0.05, 0) is 44.9 Å². The Labute approximate surface area is 219 Å². The average Bonchev–Trinajstić information content (AvgIpc) is 3.32. The molecule has 0 aliphatic carbocycles. The molecule has 0 radical (unpaired) electrons. The van der Waals surface area contributed by atoms with E-state index in [4.69, 9.17) is 9.47 Å². The van der Waals surface area contributed by atoms with Gasteiger partial charge in [0.25, 0.3) is 0 Å². The molecule has 0 unspecified atom stereocenters. The highest BCUT2D eigenvalue weighted by Crippen LogP contribution is 2.54. The van der Waals surface area contributed by atoms with Gasteiger partial charge in [-0.25, -0.2) is 13.2 Å². The molecular weight excluding hydrogens is 595 g/mol. The zero-order chi connectivity index (χ0) is 30.0. The zero-order valence-corrected chi connectivity index (χ0v) is 21.7. The molecule has 0 saturated carbocycles. The van der Waals surface area contributed by atoms with Crippen LogP contribution < -0.4 is 4.74 Å². The Morgan fingerprint density at radius 1 is 0.872 bits per heavy atom. The van der Waals surface area contributed by atoms with E-state index in [1.54, 1.807) is 0 Å². The van der Waals surface area contributed by atoms with Gasteiger partial charge in [0, 0.05) is 21.7 Å². The van der Waals surface area contributed by atoms with Crippen molar-refractivity contribution >= 4 is 37.9 Å². The number of halogens is 9. The maximum absolute atomic E-state index is 12.2. The van der Waals surface area contributed by atoms with Gasteiger partial charge in [0.05, 0.1) is 6.10 Å². The molecule has 0 N–H and O–H groups in total. The fraction of sp³-hybridized carbons (Fsp3) is 0.500. The van der Waals surface area contributed by atoms with Crippen LogP contribution in [0.15, 0.2) is 41.3 Å². The van der Waals surface area contributed by atoms with Gasteiger partial charge in [-0.3, -0.25) is 0 Å². The van der Waals surface area contributed by atoms with Crippen LogP contribution in [0.3, 0.4) is 0 Å². The topological polar surface area (TPSA) is 92.7 Å². The molecule has 2 aromatic rings. The standard InChI is InChI=1S/C18H21O3S.C4HF9O3S/c1-13(2)20-18(19)21-16-9-10-17(22-11-5-6-12-22)15-8-4-3-7-14(15)16;5-1(6,3(9,10)11)2(7,8)4(12,13)17(14,15)16/h3-4,7-10,13H,5-6,11-12H2,1-2H3;(H,14,15,16)/q+1;/p-1. The molecular formula is C22H21F9O6S2. The Kier molecular flexibility index (Phi) is 9.76. The third-order valence-electron chi connectivity index (χ3n) is 5.14. The molecule has 1 aliphatic heterocycles. The number of benzene rings is 2. The van der Waals surface area contributed by atoms with Crippen molar-refractivity contribution in [3.05, 3.63) is 36.4 Å². The first-order chi connectivity index (χ1) is 17.6. The lowest BCUT2D eigenvalue weighted by molar-refractivity contribution is -0.382.